The minimum Gasteiger partial charge on any atom is -0.361 e. The van der Waals surface area contributed by atoms with Crippen LogP contribution >= 0.6 is 0 Å². The summed E-state index contributed by atoms with van der Waals surface area (Å²) in [7, 11) is 0. The van der Waals surface area contributed by atoms with Gasteiger partial charge in [-0.1, -0.05) is 30.3 Å². The molecule has 1 aromatic heterocycles. The Balaban J connectivity index is 0.00000280. The molecule has 0 saturated carbocycles. The number of nitrogens with zero attached hydrogens (tertiary/aromatic N) is 2. The molecular weight excluding hydrogens is 427 g/mol. The fourth-order valence-electron chi connectivity index (χ4n) is 4.58. The van der Waals surface area contributed by atoms with E-state index in [0.717, 1.165) is 71.6 Å². The summed E-state index contributed by atoms with van der Waals surface area (Å²) in [5, 5.41) is 7.46. The molecule has 149 valence electrons. The number of quaternary nitrogens is 1. The molecule has 1 aliphatic rings. The van der Waals surface area contributed by atoms with Gasteiger partial charge in [-0.25, -0.2) is 0 Å². The van der Waals surface area contributed by atoms with Gasteiger partial charge in [0, 0.05) is 50.9 Å². The zero-order chi connectivity index (χ0) is 19.4. The molecule has 1 aromatic carbocycles. The number of benzene rings is 1. The van der Waals surface area contributed by atoms with Crippen LogP contribution in [-0.2, 0) is 44.0 Å². The maximum atomic E-state index is 13.4. The standard InChI is InChI=1S/C22H31N3O2.Y/c1-5-20(22(26)23-21-16(2)10-9-11-17(21)3)25(12-7-6-8-13-25)15-19-14-18(4)27-24-19;/h9-11,14,20H,5-8,12-13,15H2,1-4H3;/p+1. The number of rotatable bonds is 6. The van der Waals surface area contributed by atoms with Crippen molar-refractivity contribution in [3.63, 3.8) is 0 Å². The number of hydrogen-bond acceptors (Lipinski definition) is 3. The van der Waals surface area contributed by atoms with E-state index >= 15 is 0 Å². The predicted octanol–water partition coefficient (Wildman–Crippen LogP) is 4.52. The van der Waals surface area contributed by atoms with Crippen molar-refractivity contribution in [3.8, 4) is 0 Å². The van der Waals surface area contributed by atoms with Crippen LogP contribution in [0.25, 0.3) is 0 Å². The van der Waals surface area contributed by atoms with Crippen LogP contribution in [0, 0.1) is 20.8 Å². The van der Waals surface area contributed by atoms with Gasteiger partial charge in [-0.2, -0.15) is 0 Å². The van der Waals surface area contributed by atoms with E-state index in [4.69, 9.17) is 4.52 Å². The summed E-state index contributed by atoms with van der Waals surface area (Å²) in [6.07, 6.45) is 4.37. The average Bonchev–Trinajstić information content (AvgIpc) is 3.04. The molecule has 2 heterocycles. The quantitative estimate of drug-likeness (QED) is 0.647. The normalized spacial score (nSPS) is 16.9. The molecule has 3 rings (SSSR count). The van der Waals surface area contributed by atoms with Gasteiger partial charge < -0.3 is 14.3 Å². The van der Waals surface area contributed by atoms with E-state index in [-0.39, 0.29) is 44.7 Å². The SMILES string of the molecule is CCC(C(=O)Nc1c(C)cccc1C)[N+]1(Cc2cc(C)on2)CCCCC1.[Y]. The number of para-hydroxylation sites is 1. The van der Waals surface area contributed by atoms with Gasteiger partial charge in [0.05, 0.1) is 13.1 Å². The number of nitrogens with one attached hydrogen (secondary N) is 1. The summed E-state index contributed by atoms with van der Waals surface area (Å²) in [6, 6.07) is 8.05. The van der Waals surface area contributed by atoms with Crippen LogP contribution in [0.3, 0.4) is 0 Å². The minimum atomic E-state index is -0.0821. The van der Waals surface area contributed by atoms with Gasteiger partial charge in [-0.15, -0.1) is 0 Å². The van der Waals surface area contributed by atoms with E-state index in [9.17, 15) is 4.79 Å². The molecule has 5 nitrogen and oxygen atoms in total. The van der Waals surface area contributed by atoms with Crippen LogP contribution in [0.15, 0.2) is 28.8 Å². The van der Waals surface area contributed by atoms with E-state index in [2.05, 4.69) is 17.4 Å². The zero-order valence-electron chi connectivity index (χ0n) is 17.6. The van der Waals surface area contributed by atoms with E-state index < -0.39 is 0 Å². The van der Waals surface area contributed by atoms with Gasteiger partial charge in [-0.05, 0) is 51.2 Å². The number of carbonyl (C=O) groups excluding carboxylic acids is 1. The smallest absolute Gasteiger partial charge is 0.282 e. The molecule has 1 fully saturated rings. The number of likely N-dealkylation sites (tertiary alicyclic amines) is 1. The van der Waals surface area contributed by atoms with Crippen LogP contribution in [0.2, 0.25) is 0 Å². The number of piperidine rings is 1. The van der Waals surface area contributed by atoms with Gasteiger partial charge in [0.2, 0.25) is 0 Å². The first kappa shape index (κ1) is 23.2. The third-order valence-electron chi connectivity index (χ3n) is 5.94. The number of carbonyl (C=O) groups is 1. The van der Waals surface area contributed by atoms with E-state index in [1.54, 1.807) is 0 Å². The molecule has 1 N–H and O–H groups in total. The second-order valence-corrected chi connectivity index (χ2v) is 7.99. The first-order chi connectivity index (χ1) is 12.9. The molecule has 1 amide bonds. The summed E-state index contributed by atoms with van der Waals surface area (Å²) >= 11 is 0. The van der Waals surface area contributed by atoms with Crippen molar-refractivity contribution >= 4 is 11.6 Å². The van der Waals surface area contributed by atoms with Crippen molar-refractivity contribution in [3.05, 3.63) is 46.8 Å². The van der Waals surface area contributed by atoms with Gasteiger partial charge in [0.25, 0.3) is 5.91 Å². The molecule has 1 aliphatic heterocycles. The number of amides is 1. The van der Waals surface area contributed by atoms with E-state index in [1.807, 2.05) is 45.0 Å². The van der Waals surface area contributed by atoms with Crippen molar-refractivity contribution in [2.75, 3.05) is 18.4 Å². The number of hydrogen-bond donors (Lipinski definition) is 1. The van der Waals surface area contributed by atoms with Gasteiger partial charge >= 0.3 is 0 Å². The largest absolute Gasteiger partial charge is 0.361 e. The molecule has 1 unspecified atom stereocenters. The second-order valence-electron chi connectivity index (χ2n) is 7.99. The molecule has 0 aliphatic carbocycles. The predicted molar refractivity (Wildman–Crippen MR) is 107 cm³/mol. The molecule has 2 aromatic rings. The molecule has 6 heteroatoms. The number of aryl methyl sites for hydroxylation is 3. The molecule has 1 saturated heterocycles. The topological polar surface area (TPSA) is 55.1 Å². The van der Waals surface area contributed by atoms with Crippen molar-refractivity contribution in [2.24, 2.45) is 0 Å². The second kappa shape index (κ2) is 10.1. The summed E-state index contributed by atoms with van der Waals surface area (Å²) in [4.78, 5) is 13.4. The van der Waals surface area contributed by atoms with E-state index in [1.165, 1.54) is 6.42 Å². The Hall–Kier alpha value is -1.04. The summed E-state index contributed by atoms with van der Waals surface area (Å²) in [6.45, 7) is 10.9. The monoisotopic (exact) mass is 459 g/mol. The van der Waals surface area contributed by atoms with Crippen molar-refractivity contribution in [2.45, 2.75) is 66.0 Å². The molecule has 1 atom stereocenters. The van der Waals surface area contributed by atoms with Crippen LogP contribution in [0.1, 0.15) is 55.2 Å². The summed E-state index contributed by atoms with van der Waals surface area (Å²) in [5.41, 5.74) is 4.12. The van der Waals surface area contributed by atoms with Gasteiger partial charge in [0.15, 0.2) is 6.04 Å². The Morgan fingerprint density at radius 3 is 2.36 bits per heavy atom. The first-order valence-electron chi connectivity index (χ1n) is 10.1. The Kier molecular flexibility index (Phi) is 8.41. The molecule has 0 spiro atoms. The summed E-state index contributed by atoms with van der Waals surface area (Å²) < 4.78 is 6.07. The van der Waals surface area contributed by atoms with Crippen LogP contribution in [0.4, 0.5) is 5.69 Å². The Morgan fingerprint density at radius 2 is 1.82 bits per heavy atom. The first-order valence-corrected chi connectivity index (χ1v) is 10.1. The number of aromatic nitrogens is 1. The summed E-state index contributed by atoms with van der Waals surface area (Å²) in [5.74, 6) is 0.949. The maximum absolute atomic E-state index is 13.4. The zero-order valence-corrected chi connectivity index (χ0v) is 20.5. The minimum absolute atomic E-state index is 0. The average molecular weight is 459 g/mol. The van der Waals surface area contributed by atoms with E-state index in [0.29, 0.717) is 0 Å². The van der Waals surface area contributed by atoms with Crippen molar-refractivity contribution in [1.29, 1.82) is 0 Å². The van der Waals surface area contributed by atoms with Crippen LogP contribution in [0.5, 0.6) is 0 Å². The molecule has 1 radical (unpaired) electrons. The third-order valence-corrected chi connectivity index (χ3v) is 5.94. The van der Waals surface area contributed by atoms with Crippen LogP contribution in [-0.4, -0.2) is 34.7 Å². The fraction of sp³-hybridized carbons (Fsp3) is 0.545. The maximum Gasteiger partial charge on any atom is 0.282 e. The fourth-order valence-corrected chi connectivity index (χ4v) is 4.58. The van der Waals surface area contributed by atoms with Crippen LogP contribution < -0.4 is 5.32 Å². The van der Waals surface area contributed by atoms with Crippen molar-refractivity contribution < 1.29 is 46.5 Å². The molecule has 28 heavy (non-hydrogen) atoms. The third kappa shape index (κ3) is 5.11. The molecular formula is C22H32N3O2Y+. The Bertz CT molecular complexity index is 777. The van der Waals surface area contributed by atoms with Gasteiger partial charge in [0.1, 0.15) is 18.0 Å². The Morgan fingerprint density at radius 1 is 1.18 bits per heavy atom. The van der Waals surface area contributed by atoms with Gasteiger partial charge in [-0.3, -0.25) is 4.79 Å². The Labute approximate surface area is 193 Å². The number of anilines is 1. The molecule has 0 bridgehead atoms. The van der Waals surface area contributed by atoms with Crippen molar-refractivity contribution in [1.82, 2.24) is 5.16 Å².